The van der Waals surface area contributed by atoms with E-state index in [0.717, 1.165) is 16.7 Å². The zero-order chi connectivity index (χ0) is 20.5. The summed E-state index contributed by atoms with van der Waals surface area (Å²) in [5.74, 6) is -0.403. The number of anilines is 1. The van der Waals surface area contributed by atoms with Gasteiger partial charge in [0.2, 0.25) is 10.0 Å². The van der Waals surface area contributed by atoms with Crippen LogP contribution in [0.15, 0.2) is 41.4 Å². The molecule has 0 saturated carbocycles. The van der Waals surface area contributed by atoms with Gasteiger partial charge < -0.3 is 5.32 Å². The zero-order valence-corrected chi connectivity index (χ0v) is 17.1. The fourth-order valence-corrected chi connectivity index (χ4v) is 4.59. The summed E-state index contributed by atoms with van der Waals surface area (Å²) in [6.07, 6.45) is 1.55. The molecule has 0 saturated heterocycles. The Morgan fingerprint density at radius 2 is 1.93 bits per heavy atom. The Bertz CT molecular complexity index is 1130. The molecular weight excluding hydrogens is 378 g/mol. The number of sulfonamides is 1. The van der Waals surface area contributed by atoms with Gasteiger partial charge in [-0.05, 0) is 31.2 Å². The molecule has 2 aromatic heterocycles. The van der Waals surface area contributed by atoms with E-state index in [-0.39, 0.29) is 10.5 Å². The molecule has 148 valence electrons. The largest absolute Gasteiger partial charge is 0.321 e. The average molecular weight is 401 g/mol. The summed E-state index contributed by atoms with van der Waals surface area (Å²) in [5.41, 5.74) is 2.32. The smallest absolute Gasteiger partial charge is 0.255 e. The first-order valence-electron chi connectivity index (χ1n) is 8.98. The van der Waals surface area contributed by atoms with E-state index < -0.39 is 15.9 Å². The van der Waals surface area contributed by atoms with Crippen molar-refractivity contribution in [2.24, 2.45) is 7.05 Å². The molecule has 0 aliphatic heterocycles. The van der Waals surface area contributed by atoms with Crippen LogP contribution < -0.4 is 5.32 Å². The molecule has 2 heterocycles. The highest BCUT2D eigenvalue weighted by Gasteiger charge is 2.22. The first kappa shape index (κ1) is 20.0. The number of pyridine rings is 1. The second-order valence-corrected chi connectivity index (χ2v) is 8.31. The molecule has 0 radical (unpaired) electrons. The van der Waals surface area contributed by atoms with Crippen LogP contribution in [0, 0.1) is 6.92 Å². The summed E-state index contributed by atoms with van der Waals surface area (Å²) < 4.78 is 28.4. The number of carbonyl (C=O) groups excluding carboxylic acids is 1. The van der Waals surface area contributed by atoms with Crippen LogP contribution >= 0.6 is 0 Å². The SMILES string of the molecule is CCN(CC)S(=O)(=O)c1cccc(C(=O)Nc2cnc3c(c2)c(C)nn3C)c1. The molecule has 0 atom stereocenters. The summed E-state index contributed by atoms with van der Waals surface area (Å²) in [6.45, 7) is 6.16. The van der Waals surface area contributed by atoms with Crippen LogP contribution in [0.25, 0.3) is 11.0 Å². The Morgan fingerprint density at radius 3 is 2.61 bits per heavy atom. The highest BCUT2D eigenvalue weighted by molar-refractivity contribution is 7.89. The highest BCUT2D eigenvalue weighted by Crippen LogP contribution is 2.21. The molecule has 0 bridgehead atoms. The normalized spacial score (nSPS) is 11.9. The number of nitrogens with zero attached hydrogens (tertiary/aromatic N) is 4. The lowest BCUT2D eigenvalue weighted by Gasteiger charge is -2.18. The van der Waals surface area contributed by atoms with Gasteiger partial charge in [0, 0.05) is 31.1 Å². The lowest BCUT2D eigenvalue weighted by molar-refractivity contribution is 0.102. The summed E-state index contributed by atoms with van der Waals surface area (Å²) in [7, 11) is -1.82. The van der Waals surface area contributed by atoms with Crippen LogP contribution in [-0.2, 0) is 17.1 Å². The molecule has 9 heteroatoms. The Morgan fingerprint density at radius 1 is 1.21 bits per heavy atom. The third-order valence-corrected chi connectivity index (χ3v) is 6.61. The van der Waals surface area contributed by atoms with E-state index in [1.54, 1.807) is 42.9 Å². The topological polar surface area (TPSA) is 97.2 Å². The van der Waals surface area contributed by atoms with Gasteiger partial charge in [-0.2, -0.15) is 9.40 Å². The van der Waals surface area contributed by atoms with E-state index in [9.17, 15) is 13.2 Å². The molecule has 1 N–H and O–H groups in total. The number of rotatable bonds is 6. The summed E-state index contributed by atoms with van der Waals surface area (Å²) in [4.78, 5) is 17.1. The minimum absolute atomic E-state index is 0.0977. The third-order valence-electron chi connectivity index (χ3n) is 4.56. The number of aryl methyl sites for hydroxylation is 2. The van der Waals surface area contributed by atoms with E-state index in [2.05, 4.69) is 15.4 Å². The monoisotopic (exact) mass is 401 g/mol. The Labute approximate surface area is 164 Å². The van der Waals surface area contributed by atoms with Crippen molar-refractivity contribution in [3.05, 3.63) is 47.8 Å². The lowest BCUT2D eigenvalue weighted by atomic mass is 10.2. The van der Waals surface area contributed by atoms with Crippen LogP contribution in [0.3, 0.4) is 0 Å². The highest BCUT2D eigenvalue weighted by atomic mass is 32.2. The number of benzene rings is 1. The molecule has 1 aromatic carbocycles. The zero-order valence-electron chi connectivity index (χ0n) is 16.3. The predicted molar refractivity (Wildman–Crippen MR) is 108 cm³/mol. The first-order valence-corrected chi connectivity index (χ1v) is 10.4. The van der Waals surface area contributed by atoms with Crippen molar-refractivity contribution < 1.29 is 13.2 Å². The van der Waals surface area contributed by atoms with Crippen molar-refractivity contribution in [1.29, 1.82) is 0 Å². The number of carbonyl (C=O) groups is 1. The maximum Gasteiger partial charge on any atom is 0.255 e. The van der Waals surface area contributed by atoms with Gasteiger partial charge >= 0.3 is 0 Å². The van der Waals surface area contributed by atoms with Crippen LogP contribution in [0.1, 0.15) is 29.9 Å². The Balaban J connectivity index is 1.88. The fourth-order valence-electron chi connectivity index (χ4n) is 3.09. The van der Waals surface area contributed by atoms with Gasteiger partial charge in [0.15, 0.2) is 5.65 Å². The van der Waals surface area contributed by atoms with Crippen molar-refractivity contribution in [1.82, 2.24) is 19.1 Å². The van der Waals surface area contributed by atoms with Crippen molar-refractivity contribution in [2.75, 3.05) is 18.4 Å². The van der Waals surface area contributed by atoms with Gasteiger partial charge in [-0.25, -0.2) is 13.4 Å². The quantitative estimate of drug-likeness (QED) is 0.685. The van der Waals surface area contributed by atoms with Crippen molar-refractivity contribution in [3.63, 3.8) is 0 Å². The third kappa shape index (κ3) is 3.63. The van der Waals surface area contributed by atoms with E-state index >= 15 is 0 Å². The maximum atomic E-state index is 12.7. The van der Waals surface area contributed by atoms with Gasteiger partial charge in [0.05, 0.1) is 22.5 Å². The predicted octanol–water partition coefficient (Wildman–Crippen LogP) is 2.56. The van der Waals surface area contributed by atoms with Crippen LogP contribution in [0.2, 0.25) is 0 Å². The summed E-state index contributed by atoms with van der Waals surface area (Å²) in [6, 6.07) is 7.84. The summed E-state index contributed by atoms with van der Waals surface area (Å²) in [5, 5.41) is 7.93. The molecular formula is C19H23N5O3S. The van der Waals surface area contributed by atoms with Gasteiger partial charge in [-0.1, -0.05) is 19.9 Å². The number of aromatic nitrogens is 3. The second kappa shape index (κ2) is 7.69. The van der Waals surface area contributed by atoms with Gasteiger partial charge in [0.25, 0.3) is 5.91 Å². The molecule has 3 rings (SSSR count). The molecule has 3 aromatic rings. The maximum absolute atomic E-state index is 12.7. The van der Waals surface area contributed by atoms with Crippen LogP contribution in [0.4, 0.5) is 5.69 Å². The van der Waals surface area contributed by atoms with Crippen molar-refractivity contribution in [2.45, 2.75) is 25.7 Å². The first-order chi connectivity index (χ1) is 13.3. The van der Waals surface area contributed by atoms with Gasteiger partial charge in [0.1, 0.15) is 0 Å². The lowest BCUT2D eigenvalue weighted by Crippen LogP contribution is -2.30. The minimum Gasteiger partial charge on any atom is -0.321 e. The molecule has 1 amide bonds. The van der Waals surface area contributed by atoms with E-state index in [4.69, 9.17) is 0 Å². The average Bonchev–Trinajstić information content (AvgIpc) is 2.96. The number of amides is 1. The Hall–Kier alpha value is -2.78. The molecule has 0 fully saturated rings. The number of hydrogen-bond donors (Lipinski definition) is 1. The van der Waals surface area contributed by atoms with Gasteiger partial charge in [-0.3, -0.25) is 9.48 Å². The number of fused-ring (bicyclic) bond motifs is 1. The van der Waals surface area contributed by atoms with E-state index in [1.165, 1.54) is 16.4 Å². The minimum atomic E-state index is -3.63. The molecule has 0 aliphatic rings. The van der Waals surface area contributed by atoms with Gasteiger partial charge in [-0.15, -0.1) is 0 Å². The second-order valence-electron chi connectivity index (χ2n) is 6.38. The van der Waals surface area contributed by atoms with Crippen LogP contribution in [0.5, 0.6) is 0 Å². The number of nitrogens with one attached hydrogen (secondary N) is 1. The van der Waals surface area contributed by atoms with Crippen LogP contribution in [-0.4, -0.2) is 46.5 Å². The molecule has 0 spiro atoms. The Kier molecular flexibility index (Phi) is 5.48. The molecule has 8 nitrogen and oxygen atoms in total. The summed E-state index contributed by atoms with van der Waals surface area (Å²) >= 11 is 0. The fraction of sp³-hybridized carbons (Fsp3) is 0.316. The number of hydrogen-bond acceptors (Lipinski definition) is 5. The standard InChI is InChI=1S/C19H23N5O3S/c1-5-24(6-2)28(26,27)16-9-7-8-14(10-16)19(25)21-15-11-17-13(3)22-23(4)18(17)20-12-15/h7-12H,5-6H2,1-4H3,(H,21,25). The van der Waals surface area contributed by atoms with Crippen molar-refractivity contribution >= 4 is 32.7 Å². The molecule has 28 heavy (non-hydrogen) atoms. The molecule has 0 aliphatic carbocycles. The van der Waals surface area contributed by atoms with E-state index in [0.29, 0.717) is 18.8 Å². The van der Waals surface area contributed by atoms with Crippen molar-refractivity contribution in [3.8, 4) is 0 Å². The molecule has 0 unspecified atom stereocenters. The van der Waals surface area contributed by atoms with E-state index in [1.807, 2.05) is 14.0 Å².